The van der Waals surface area contributed by atoms with E-state index in [1.54, 1.807) is 0 Å². The summed E-state index contributed by atoms with van der Waals surface area (Å²) in [5.74, 6) is -0.0833. The van der Waals surface area contributed by atoms with Crippen LogP contribution in [0, 0.1) is 0 Å². The van der Waals surface area contributed by atoms with Gasteiger partial charge < -0.3 is 9.64 Å². The van der Waals surface area contributed by atoms with Crippen molar-refractivity contribution in [3.05, 3.63) is 35.4 Å². The summed E-state index contributed by atoms with van der Waals surface area (Å²) >= 11 is 0. The minimum Gasteiger partial charge on any atom is -0.454 e. The van der Waals surface area contributed by atoms with Gasteiger partial charge in [0.15, 0.2) is 0 Å². The fourth-order valence-corrected chi connectivity index (χ4v) is 3.49. The SMILES string of the molecule is CCC(=O)OC12CCN(C)C(Cc3ccccc31)C2.Cl. The Kier molecular flexibility index (Phi) is 4.40. The lowest BCUT2D eigenvalue weighted by molar-refractivity contribution is -0.170. The lowest BCUT2D eigenvalue weighted by Gasteiger charge is -2.49. The number of ether oxygens (including phenoxy) is 1. The monoisotopic (exact) mass is 295 g/mol. The lowest BCUT2D eigenvalue weighted by Crippen LogP contribution is -2.53. The molecular weight excluding hydrogens is 274 g/mol. The van der Waals surface area contributed by atoms with Gasteiger partial charge >= 0.3 is 5.97 Å². The van der Waals surface area contributed by atoms with Crippen LogP contribution in [0.2, 0.25) is 0 Å². The number of carbonyl (C=O) groups excluding carboxylic acids is 1. The summed E-state index contributed by atoms with van der Waals surface area (Å²) < 4.78 is 5.91. The first-order chi connectivity index (χ1) is 9.14. The number of fused-ring (bicyclic) bond motifs is 4. The average molecular weight is 296 g/mol. The Morgan fingerprint density at radius 1 is 1.45 bits per heavy atom. The third-order valence-electron chi connectivity index (χ3n) is 4.62. The third kappa shape index (κ3) is 2.45. The number of hydrogen-bond acceptors (Lipinski definition) is 3. The zero-order valence-electron chi connectivity index (χ0n) is 12.1. The normalized spacial score (nSPS) is 28.2. The van der Waals surface area contributed by atoms with Gasteiger partial charge in [0.2, 0.25) is 0 Å². The molecule has 0 saturated carbocycles. The van der Waals surface area contributed by atoms with Crippen LogP contribution in [0.4, 0.5) is 0 Å². The molecule has 4 heteroatoms. The van der Waals surface area contributed by atoms with Crippen LogP contribution < -0.4 is 0 Å². The van der Waals surface area contributed by atoms with Gasteiger partial charge in [0.25, 0.3) is 0 Å². The van der Waals surface area contributed by atoms with Crippen molar-refractivity contribution in [3.63, 3.8) is 0 Å². The van der Waals surface area contributed by atoms with E-state index in [4.69, 9.17) is 4.74 Å². The minimum absolute atomic E-state index is 0. The zero-order chi connectivity index (χ0) is 13.5. The lowest BCUT2D eigenvalue weighted by atomic mass is 9.72. The second kappa shape index (κ2) is 5.74. The van der Waals surface area contributed by atoms with Gasteiger partial charge in [0, 0.05) is 31.8 Å². The van der Waals surface area contributed by atoms with Crippen molar-refractivity contribution in [1.82, 2.24) is 4.90 Å². The number of likely N-dealkylation sites (tertiary alicyclic amines) is 1. The summed E-state index contributed by atoms with van der Waals surface area (Å²) in [7, 11) is 2.17. The zero-order valence-corrected chi connectivity index (χ0v) is 12.9. The van der Waals surface area contributed by atoms with E-state index in [1.165, 1.54) is 11.1 Å². The van der Waals surface area contributed by atoms with Crippen molar-refractivity contribution in [2.45, 2.75) is 44.2 Å². The fraction of sp³-hybridized carbons (Fsp3) is 0.562. The number of carbonyl (C=O) groups is 1. The second-order valence-electron chi connectivity index (χ2n) is 5.77. The number of esters is 1. The number of rotatable bonds is 2. The molecule has 0 aromatic heterocycles. The molecule has 0 amide bonds. The number of benzene rings is 1. The van der Waals surface area contributed by atoms with Crippen LogP contribution in [0.1, 0.15) is 37.3 Å². The molecule has 0 N–H and O–H groups in total. The van der Waals surface area contributed by atoms with Crippen LogP contribution in [-0.2, 0) is 21.6 Å². The third-order valence-corrected chi connectivity index (χ3v) is 4.62. The van der Waals surface area contributed by atoms with E-state index in [2.05, 4.69) is 36.2 Å². The standard InChI is InChI=1S/C16H21NO2.ClH/c1-3-15(18)19-16-8-9-17(2)13(11-16)10-12-6-4-5-7-14(12)16;/h4-7,13H,3,8-11H2,1-2H3;1H. The van der Waals surface area contributed by atoms with Gasteiger partial charge in [0.05, 0.1) is 0 Å². The Labute approximate surface area is 126 Å². The molecule has 0 spiro atoms. The van der Waals surface area contributed by atoms with E-state index >= 15 is 0 Å². The minimum atomic E-state index is -0.376. The molecule has 1 saturated heterocycles. The van der Waals surface area contributed by atoms with E-state index in [-0.39, 0.29) is 24.0 Å². The van der Waals surface area contributed by atoms with E-state index in [1.807, 2.05) is 6.92 Å². The molecule has 2 atom stereocenters. The number of halogens is 1. The van der Waals surface area contributed by atoms with Gasteiger partial charge in [-0.15, -0.1) is 12.4 Å². The van der Waals surface area contributed by atoms with Crippen molar-refractivity contribution < 1.29 is 9.53 Å². The first-order valence-corrected chi connectivity index (χ1v) is 7.15. The second-order valence-corrected chi connectivity index (χ2v) is 5.77. The molecule has 20 heavy (non-hydrogen) atoms. The van der Waals surface area contributed by atoms with Crippen molar-refractivity contribution in [3.8, 4) is 0 Å². The largest absolute Gasteiger partial charge is 0.454 e. The molecule has 0 radical (unpaired) electrons. The highest BCUT2D eigenvalue weighted by atomic mass is 35.5. The quantitative estimate of drug-likeness (QED) is 0.786. The molecule has 1 fully saturated rings. The molecule has 2 aliphatic rings. The fourth-order valence-electron chi connectivity index (χ4n) is 3.49. The van der Waals surface area contributed by atoms with Crippen LogP contribution in [0.5, 0.6) is 0 Å². The Morgan fingerprint density at radius 3 is 2.95 bits per heavy atom. The average Bonchev–Trinajstić information content (AvgIpc) is 2.43. The maximum atomic E-state index is 11.8. The van der Waals surface area contributed by atoms with Crippen LogP contribution in [0.3, 0.4) is 0 Å². The first-order valence-electron chi connectivity index (χ1n) is 7.15. The predicted octanol–water partition coefficient (Wildman–Crippen LogP) is 2.91. The summed E-state index contributed by atoms with van der Waals surface area (Å²) in [5, 5.41) is 0. The summed E-state index contributed by atoms with van der Waals surface area (Å²) in [6, 6.07) is 8.94. The molecule has 1 aliphatic carbocycles. The molecule has 2 unspecified atom stereocenters. The van der Waals surface area contributed by atoms with Gasteiger partial charge in [-0.25, -0.2) is 0 Å². The Balaban J connectivity index is 0.00000147. The highest BCUT2D eigenvalue weighted by molar-refractivity contribution is 5.85. The van der Waals surface area contributed by atoms with Gasteiger partial charge in [0.1, 0.15) is 5.60 Å². The van der Waals surface area contributed by atoms with Gasteiger partial charge in [-0.05, 0) is 24.6 Å². The molecule has 3 rings (SSSR count). The van der Waals surface area contributed by atoms with Crippen molar-refractivity contribution in [2.75, 3.05) is 13.6 Å². The number of piperidine rings is 1. The van der Waals surface area contributed by atoms with E-state index in [0.29, 0.717) is 12.5 Å². The Hall–Kier alpha value is -1.06. The molecule has 2 bridgehead atoms. The van der Waals surface area contributed by atoms with Gasteiger partial charge in [-0.1, -0.05) is 31.2 Å². The van der Waals surface area contributed by atoms with Crippen LogP contribution >= 0.6 is 12.4 Å². The summed E-state index contributed by atoms with van der Waals surface area (Å²) in [4.78, 5) is 14.2. The molecule has 110 valence electrons. The van der Waals surface area contributed by atoms with Crippen molar-refractivity contribution in [1.29, 1.82) is 0 Å². The van der Waals surface area contributed by atoms with Crippen LogP contribution in [0.15, 0.2) is 24.3 Å². The summed E-state index contributed by atoms with van der Waals surface area (Å²) in [6.45, 7) is 2.86. The number of likely N-dealkylation sites (N-methyl/N-ethyl adjacent to an activating group) is 1. The smallest absolute Gasteiger partial charge is 0.306 e. The molecule has 1 aromatic rings. The number of hydrogen-bond donors (Lipinski definition) is 0. The Morgan fingerprint density at radius 2 is 2.20 bits per heavy atom. The molecule has 3 nitrogen and oxygen atoms in total. The molecular formula is C16H22ClNO2. The maximum absolute atomic E-state index is 11.8. The highest BCUT2D eigenvalue weighted by Crippen LogP contribution is 2.45. The molecule has 1 heterocycles. The van der Waals surface area contributed by atoms with Crippen LogP contribution in [0.25, 0.3) is 0 Å². The summed E-state index contributed by atoms with van der Waals surface area (Å²) in [5.41, 5.74) is 2.20. The topological polar surface area (TPSA) is 29.5 Å². The molecule has 1 aromatic carbocycles. The van der Waals surface area contributed by atoms with Crippen molar-refractivity contribution >= 4 is 18.4 Å². The summed E-state index contributed by atoms with van der Waals surface area (Å²) in [6.07, 6.45) is 3.36. The first kappa shape index (κ1) is 15.3. The van der Waals surface area contributed by atoms with E-state index in [9.17, 15) is 4.79 Å². The van der Waals surface area contributed by atoms with Crippen LogP contribution in [-0.4, -0.2) is 30.5 Å². The van der Waals surface area contributed by atoms with Crippen molar-refractivity contribution in [2.24, 2.45) is 0 Å². The number of nitrogens with zero attached hydrogens (tertiary/aromatic N) is 1. The highest BCUT2D eigenvalue weighted by Gasteiger charge is 2.47. The van der Waals surface area contributed by atoms with Gasteiger partial charge in [-0.3, -0.25) is 4.79 Å². The predicted molar refractivity (Wildman–Crippen MR) is 81.1 cm³/mol. The Bertz CT molecular complexity index is 505. The maximum Gasteiger partial charge on any atom is 0.306 e. The van der Waals surface area contributed by atoms with E-state index in [0.717, 1.165) is 25.8 Å². The molecule has 1 aliphatic heterocycles. The van der Waals surface area contributed by atoms with E-state index < -0.39 is 0 Å². The van der Waals surface area contributed by atoms with Gasteiger partial charge in [-0.2, -0.15) is 0 Å².